The number of carbonyl (C=O) groups is 1. The first kappa shape index (κ1) is 26.7. The van der Waals surface area contributed by atoms with Gasteiger partial charge in [0.2, 0.25) is 0 Å². The molecule has 208 valence electrons. The number of likely N-dealkylation sites (N-methyl/N-ethyl adjacent to an activating group) is 1. The van der Waals surface area contributed by atoms with Crippen LogP contribution < -0.4 is 14.9 Å². The topological polar surface area (TPSA) is 74.9 Å². The number of benzene rings is 1. The SMILES string of the molecule is COc1cc(C(=O)N2CC[C@@H](N(C)C)C2)ncc1-c1cc2nccc(-c3ccc(N4CC[C@H](F)C4)c(P)c3)c2o1. The van der Waals surface area contributed by atoms with E-state index >= 15 is 0 Å². The zero-order chi connectivity index (χ0) is 28.0. The van der Waals surface area contributed by atoms with Crippen molar-refractivity contribution in [3.8, 4) is 28.2 Å². The molecule has 3 aromatic heterocycles. The number of alkyl halides is 1. The maximum absolute atomic E-state index is 13.8. The molecular weight excluding hydrogens is 528 g/mol. The molecule has 0 bridgehead atoms. The number of amides is 1. The van der Waals surface area contributed by atoms with E-state index < -0.39 is 6.17 Å². The average molecular weight is 562 g/mol. The van der Waals surface area contributed by atoms with E-state index in [4.69, 9.17) is 9.15 Å². The van der Waals surface area contributed by atoms with Crippen LogP contribution in [0, 0.1) is 0 Å². The second-order valence-electron chi connectivity index (χ2n) is 10.7. The smallest absolute Gasteiger partial charge is 0.272 e. The zero-order valence-corrected chi connectivity index (χ0v) is 24.1. The van der Waals surface area contributed by atoms with Crippen molar-refractivity contribution in [2.75, 3.05) is 52.3 Å². The van der Waals surface area contributed by atoms with E-state index in [-0.39, 0.29) is 5.91 Å². The van der Waals surface area contributed by atoms with Crippen molar-refractivity contribution in [2.24, 2.45) is 0 Å². The van der Waals surface area contributed by atoms with Crippen molar-refractivity contribution in [1.29, 1.82) is 0 Å². The number of ether oxygens (including phenoxy) is 1. The van der Waals surface area contributed by atoms with Crippen LogP contribution in [-0.4, -0.2) is 85.3 Å². The first-order chi connectivity index (χ1) is 19.3. The summed E-state index contributed by atoms with van der Waals surface area (Å²) in [5.41, 5.74) is 5.25. The summed E-state index contributed by atoms with van der Waals surface area (Å²) < 4.78 is 25.8. The molecule has 0 spiro atoms. The Bertz CT molecular complexity index is 1570. The summed E-state index contributed by atoms with van der Waals surface area (Å²) in [4.78, 5) is 28.3. The van der Waals surface area contributed by atoms with Gasteiger partial charge in [0.15, 0.2) is 5.58 Å². The van der Waals surface area contributed by atoms with E-state index in [1.807, 2.05) is 43.3 Å². The molecule has 1 amide bonds. The lowest BCUT2D eigenvalue weighted by Crippen LogP contribution is -2.34. The molecule has 4 aromatic rings. The van der Waals surface area contributed by atoms with Crippen molar-refractivity contribution in [2.45, 2.75) is 25.1 Å². The van der Waals surface area contributed by atoms with Gasteiger partial charge >= 0.3 is 0 Å². The van der Waals surface area contributed by atoms with Gasteiger partial charge in [0.05, 0.1) is 12.7 Å². The average Bonchev–Trinajstić information content (AvgIpc) is 3.71. The maximum atomic E-state index is 13.8. The number of halogens is 1. The van der Waals surface area contributed by atoms with Gasteiger partial charge < -0.3 is 23.9 Å². The lowest BCUT2D eigenvalue weighted by Gasteiger charge is -2.20. The number of furan rings is 1. The molecule has 2 aliphatic heterocycles. The lowest BCUT2D eigenvalue weighted by molar-refractivity contribution is 0.0777. The molecule has 8 nitrogen and oxygen atoms in total. The van der Waals surface area contributed by atoms with Gasteiger partial charge in [-0.15, -0.1) is 9.24 Å². The molecule has 1 aromatic carbocycles. The molecule has 5 heterocycles. The number of methoxy groups -OCH3 is 1. The molecule has 0 saturated carbocycles. The predicted octanol–water partition coefficient (Wildman–Crippen LogP) is 4.39. The Morgan fingerprint density at radius 2 is 1.95 bits per heavy atom. The van der Waals surface area contributed by atoms with Crippen molar-refractivity contribution >= 4 is 37.2 Å². The van der Waals surface area contributed by atoms with Crippen LogP contribution in [0.15, 0.2) is 53.2 Å². The molecule has 1 unspecified atom stereocenters. The van der Waals surface area contributed by atoms with Gasteiger partial charge in [-0.3, -0.25) is 14.8 Å². The fraction of sp³-hybridized carbons (Fsp3) is 0.367. The van der Waals surface area contributed by atoms with Crippen LogP contribution in [0.3, 0.4) is 0 Å². The van der Waals surface area contributed by atoms with Gasteiger partial charge in [0, 0.05) is 68.0 Å². The third kappa shape index (κ3) is 4.93. The number of carbonyl (C=O) groups excluding carboxylic acids is 1. The number of rotatable bonds is 6. The highest BCUT2D eigenvalue weighted by atomic mass is 31.0. The molecule has 6 rings (SSSR count). The summed E-state index contributed by atoms with van der Waals surface area (Å²) in [5.74, 6) is 0.965. The Morgan fingerprint density at radius 1 is 1.10 bits per heavy atom. The van der Waals surface area contributed by atoms with Gasteiger partial charge in [-0.05, 0) is 56.0 Å². The summed E-state index contributed by atoms with van der Waals surface area (Å²) >= 11 is 0. The molecule has 3 atom stereocenters. The molecule has 40 heavy (non-hydrogen) atoms. The second-order valence-corrected chi connectivity index (χ2v) is 11.3. The minimum absolute atomic E-state index is 0.101. The molecule has 2 saturated heterocycles. The van der Waals surface area contributed by atoms with Crippen LogP contribution in [-0.2, 0) is 0 Å². The molecule has 0 aliphatic carbocycles. The van der Waals surface area contributed by atoms with E-state index in [0.717, 1.165) is 35.1 Å². The van der Waals surface area contributed by atoms with Crippen LogP contribution in [0.5, 0.6) is 5.75 Å². The monoisotopic (exact) mass is 561 g/mol. The number of hydrogen-bond acceptors (Lipinski definition) is 7. The number of fused-ring (bicyclic) bond motifs is 1. The van der Waals surface area contributed by atoms with E-state index in [2.05, 4.69) is 35.1 Å². The molecule has 2 aliphatic rings. The van der Waals surface area contributed by atoms with Crippen LogP contribution in [0.2, 0.25) is 0 Å². The highest BCUT2D eigenvalue weighted by Crippen LogP contribution is 2.38. The molecule has 2 fully saturated rings. The fourth-order valence-electron chi connectivity index (χ4n) is 5.66. The van der Waals surface area contributed by atoms with E-state index in [0.29, 0.717) is 66.0 Å². The van der Waals surface area contributed by atoms with Gasteiger partial charge in [-0.2, -0.15) is 0 Å². The number of anilines is 1. The first-order valence-electron chi connectivity index (χ1n) is 13.5. The molecule has 0 radical (unpaired) electrons. The van der Waals surface area contributed by atoms with Gasteiger partial charge in [0.25, 0.3) is 5.91 Å². The molecule has 10 heteroatoms. The summed E-state index contributed by atoms with van der Waals surface area (Å²) in [6.07, 6.45) is 4.12. The summed E-state index contributed by atoms with van der Waals surface area (Å²) in [6, 6.07) is 12.0. The van der Waals surface area contributed by atoms with E-state index in [1.54, 1.807) is 25.6 Å². The summed E-state index contributed by atoms with van der Waals surface area (Å²) in [6.45, 7) is 2.54. The fourth-order valence-corrected chi connectivity index (χ4v) is 6.12. The van der Waals surface area contributed by atoms with Gasteiger partial charge in [0.1, 0.15) is 28.9 Å². The van der Waals surface area contributed by atoms with Crippen LogP contribution in [0.4, 0.5) is 10.1 Å². The van der Waals surface area contributed by atoms with Gasteiger partial charge in [-0.1, -0.05) is 6.07 Å². The molecule has 0 N–H and O–H groups in total. The Balaban J connectivity index is 1.30. The lowest BCUT2D eigenvalue weighted by atomic mass is 10.1. The third-order valence-electron chi connectivity index (χ3n) is 7.97. The van der Waals surface area contributed by atoms with Crippen molar-refractivity contribution in [3.05, 3.63) is 54.5 Å². The standard InChI is InChI=1S/C30H33FN5O3P/c1-34(2)20-8-11-36(17-20)30(37)24-14-26(38-3)22(15-33-24)27-13-23-29(39-27)21(6-9-32-23)18-4-5-25(28(40)12-18)35-10-7-19(31)16-35/h4-6,9,12-15,19-20H,7-8,10-11,16-17,40H2,1-3H3/t19-,20+/m0/s1. The van der Waals surface area contributed by atoms with Crippen molar-refractivity contribution in [1.82, 2.24) is 19.8 Å². The van der Waals surface area contributed by atoms with Crippen molar-refractivity contribution < 1.29 is 18.3 Å². The Morgan fingerprint density at radius 3 is 2.65 bits per heavy atom. The minimum Gasteiger partial charge on any atom is -0.496 e. The highest BCUT2D eigenvalue weighted by Gasteiger charge is 2.29. The first-order valence-corrected chi connectivity index (χ1v) is 14.1. The maximum Gasteiger partial charge on any atom is 0.272 e. The predicted molar refractivity (Wildman–Crippen MR) is 158 cm³/mol. The second kappa shape index (κ2) is 10.8. The number of pyridine rings is 2. The quantitative estimate of drug-likeness (QED) is 0.323. The Hall–Kier alpha value is -3.55. The normalized spacial score (nSPS) is 19.2. The van der Waals surface area contributed by atoms with Gasteiger partial charge in [-0.25, -0.2) is 4.39 Å². The Kier molecular flexibility index (Phi) is 7.19. The van der Waals surface area contributed by atoms with Crippen LogP contribution >= 0.6 is 9.24 Å². The summed E-state index contributed by atoms with van der Waals surface area (Å²) in [7, 11) is 8.42. The zero-order valence-electron chi connectivity index (χ0n) is 22.9. The Labute approximate surface area is 235 Å². The largest absolute Gasteiger partial charge is 0.496 e. The van der Waals surface area contributed by atoms with E-state index in [9.17, 15) is 9.18 Å². The van der Waals surface area contributed by atoms with Crippen LogP contribution in [0.25, 0.3) is 33.6 Å². The number of likely N-dealkylation sites (tertiary alicyclic amines) is 1. The minimum atomic E-state index is -0.778. The third-order valence-corrected chi connectivity index (χ3v) is 8.44. The molecular formula is C30H33FN5O3P. The highest BCUT2D eigenvalue weighted by molar-refractivity contribution is 7.28. The number of aromatic nitrogens is 2. The number of hydrogen-bond donors (Lipinski definition) is 0. The van der Waals surface area contributed by atoms with E-state index in [1.165, 1.54) is 0 Å². The van der Waals surface area contributed by atoms with Crippen molar-refractivity contribution in [3.63, 3.8) is 0 Å². The summed E-state index contributed by atoms with van der Waals surface area (Å²) in [5, 5.41) is 1.00. The van der Waals surface area contributed by atoms with Crippen LogP contribution in [0.1, 0.15) is 23.3 Å². The number of nitrogens with zero attached hydrogens (tertiary/aromatic N) is 5.